The van der Waals surface area contributed by atoms with Gasteiger partial charge in [0.15, 0.2) is 0 Å². The molecule has 3 rings (SSSR count). The normalized spacial score (nSPS) is 27.7. The van der Waals surface area contributed by atoms with Crippen LogP contribution in [0.1, 0.15) is 50.2 Å². The average Bonchev–Trinajstić information content (AvgIpc) is 2.75. The van der Waals surface area contributed by atoms with Gasteiger partial charge in [-0.3, -0.25) is 0 Å². The van der Waals surface area contributed by atoms with Crippen LogP contribution in [0.15, 0.2) is 18.2 Å². The van der Waals surface area contributed by atoms with Gasteiger partial charge in [0.05, 0.1) is 11.3 Å². The van der Waals surface area contributed by atoms with Gasteiger partial charge in [0.2, 0.25) is 0 Å². The van der Waals surface area contributed by atoms with Crippen LogP contribution in [0.2, 0.25) is 0 Å². The Morgan fingerprint density at radius 2 is 2.00 bits per heavy atom. The number of nitrogens with one attached hydrogen (secondary N) is 1. The van der Waals surface area contributed by atoms with Gasteiger partial charge in [-0.15, -0.1) is 0 Å². The molecular weight excluding hydrogens is 258 g/mol. The lowest BCUT2D eigenvalue weighted by atomic mass is 9.95. The first-order valence-electron chi connectivity index (χ1n) is 8.26. The van der Waals surface area contributed by atoms with Crippen LogP contribution in [0.4, 0.5) is 5.69 Å². The van der Waals surface area contributed by atoms with Crippen LogP contribution in [-0.4, -0.2) is 24.7 Å². The first-order valence-corrected chi connectivity index (χ1v) is 8.26. The molecule has 1 aromatic rings. The molecule has 2 heterocycles. The van der Waals surface area contributed by atoms with E-state index in [1.165, 1.54) is 37.8 Å². The predicted molar refractivity (Wildman–Crippen MR) is 86.5 cm³/mol. The van der Waals surface area contributed by atoms with Crippen molar-refractivity contribution in [3.8, 4) is 6.07 Å². The van der Waals surface area contributed by atoms with Crippen molar-refractivity contribution in [2.24, 2.45) is 0 Å². The van der Waals surface area contributed by atoms with Crippen molar-refractivity contribution >= 4 is 5.69 Å². The quantitative estimate of drug-likeness (QED) is 0.921. The number of fused-ring (bicyclic) bond motifs is 2. The largest absolute Gasteiger partial charge is 0.364 e. The van der Waals surface area contributed by atoms with E-state index >= 15 is 0 Å². The maximum absolute atomic E-state index is 9.50. The third-order valence-electron chi connectivity index (χ3n) is 5.06. The van der Waals surface area contributed by atoms with Crippen molar-refractivity contribution in [3.63, 3.8) is 0 Å². The predicted octanol–water partition coefficient (Wildman–Crippen LogP) is 3.37. The highest BCUT2D eigenvalue weighted by atomic mass is 15.2. The minimum atomic E-state index is 0.604. The number of nitriles is 1. The van der Waals surface area contributed by atoms with Crippen molar-refractivity contribution in [2.75, 3.05) is 11.4 Å². The fraction of sp³-hybridized carbons (Fsp3) is 0.611. The third-order valence-corrected chi connectivity index (χ3v) is 5.06. The zero-order valence-corrected chi connectivity index (χ0v) is 13.1. The second-order valence-electron chi connectivity index (χ2n) is 6.50. The highest BCUT2D eigenvalue weighted by Gasteiger charge is 2.41. The van der Waals surface area contributed by atoms with Crippen molar-refractivity contribution in [1.82, 2.24) is 5.32 Å². The number of benzene rings is 1. The Balaban J connectivity index is 1.83. The minimum Gasteiger partial charge on any atom is -0.364 e. The molecule has 0 saturated carbocycles. The van der Waals surface area contributed by atoms with Gasteiger partial charge in [0.25, 0.3) is 0 Å². The summed E-state index contributed by atoms with van der Waals surface area (Å²) < 4.78 is 0. The summed E-state index contributed by atoms with van der Waals surface area (Å²) in [5.41, 5.74) is 3.13. The van der Waals surface area contributed by atoms with E-state index in [0.29, 0.717) is 18.1 Å². The molecule has 2 aliphatic rings. The number of hydrogen-bond acceptors (Lipinski definition) is 3. The van der Waals surface area contributed by atoms with Crippen LogP contribution in [0.5, 0.6) is 0 Å². The fourth-order valence-corrected chi connectivity index (χ4v) is 4.10. The molecule has 1 aromatic carbocycles. The molecule has 0 spiro atoms. The zero-order valence-electron chi connectivity index (χ0n) is 13.1. The summed E-state index contributed by atoms with van der Waals surface area (Å²) in [5, 5.41) is 13.2. The van der Waals surface area contributed by atoms with Gasteiger partial charge < -0.3 is 10.2 Å². The van der Waals surface area contributed by atoms with Gasteiger partial charge in [-0.25, -0.2) is 0 Å². The molecular formula is C18H25N3. The van der Waals surface area contributed by atoms with Crippen molar-refractivity contribution in [3.05, 3.63) is 29.3 Å². The van der Waals surface area contributed by atoms with Gasteiger partial charge in [-0.05, 0) is 57.2 Å². The molecule has 2 unspecified atom stereocenters. The molecule has 2 fully saturated rings. The second-order valence-corrected chi connectivity index (χ2v) is 6.50. The van der Waals surface area contributed by atoms with E-state index in [0.717, 1.165) is 17.7 Å². The van der Waals surface area contributed by atoms with Crippen LogP contribution >= 0.6 is 0 Å². The summed E-state index contributed by atoms with van der Waals surface area (Å²) in [6.07, 6.45) is 6.18. The number of anilines is 1. The SMILES string of the molecule is CCCNC1CC2CCC(C1)N2c1cccc(C)c1C#N. The molecule has 2 aliphatic heterocycles. The molecule has 0 radical (unpaired) electrons. The number of aryl methyl sites for hydroxylation is 1. The molecule has 2 bridgehead atoms. The van der Waals surface area contributed by atoms with Gasteiger partial charge in [0.1, 0.15) is 6.07 Å². The van der Waals surface area contributed by atoms with E-state index in [-0.39, 0.29) is 0 Å². The maximum atomic E-state index is 9.50. The lowest BCUT2D eigenvalue weighted by molar-refractivity contribution is 0.356. The number of nitrogens with zero attached hydrogens (tertiary/aromatic N) is 2. The molecule has 1 N–H and O–H groups in total. The second kappa shape index (κ2) is 6.07. The summed E-state index contributed by atoms with van der Waals surface area (Å²) in [4.78, 5) is 2.55. The lowest BCUT2D eigenvalue weighted by Crippen LogP contribution is -2.49. The summed E-state index contributed by atoms with van der Waals surface area (Å²) >= 11 is 0. The Hall–Kier alpha value is -1.53. The molecule has 3 heteroatoms. The molecule has 21 heavy (non-hydrogen) atoms. The number of piperidine rings is 1. The van der Waals surface area contributed by atoms with Gasteiger partial charge in [-0.2, -0.15) is 5.26 Å². The van der Waals surface area contributed by atoms with E-state index < -0.39 is 0 Å². The fourth-order valence-electron chi connectivity index (χ4n) is 4.10. The molecule has 0 aromatic heterocycles. The highest BCUT2D eigenvalue weighted by Crippen LogP contribution is 2.41. The van der Waals surface area contributed by atoms with Crippen LogP contribution in [-0.2, 0) is 0 Å². The Morgan fingerprint density at radius 1 is 1.29 bits per heavy atom. The van der Waals surface area contributed by atoms with E-state index in [1.807, 2.05) is 13.0 Å². The van der Waals surface area contributed by atoms with Gasteiger partial charge in [0, 0.05) is 18.1 Å². The first kappa shape index (κ1) is 14.4. The first-order chi connectivity index (χ1) is 10.2. The Bertz CT molecular complexity index is 532. The Labute approximate surface area is 128 Å². The summed E-state index contributed by atoms with van der Waals surface area (Å²) in [6, 6.07) is 10.6. The van der Waals surface area contributed by atoms with Crippen LogP contribution in [0.3, 0.4) is 0 Å². The Morgan fingerprint density at radius 3 is 2.62 bits per heavy atom. The minimum absolute atomic E-state index is 0.604. The summed E-state index contributed by atoms with van der Waals surface area (Å²) in [5.74, 6) is 0. The molecule has 3 nitrogen and oxygen atoms in total. The number of hydrogen-bond donors (Lipinski definition) is 1. The van der Waals surface area contributed by atoms with E-state index in [4.69, 9.17) is 0 Å². The molecule has 112 valence electrons. The standard InChI is InChI=1S/C18H25N3/c1-3-9-20-14-10-15-7-8-16(11-14)21(15)18-6-4-5-13(2)17(18)12-19/h4-6,14-16,20H,3,7-11H2,1-2H3. The third kappa shape index (κ3) is 2.65. The van der Waals surface area contributed by atoms with Crippen molar-refractivity contribution in [1.29, 1.82) is 5.26 Å². The van der Waals surface area contributed by atoms with Crippen LogP contribution in [0.25, 0.3) is 0 Å². The topological polar surface area (TPSA) is 39.1 Å². The van der Waals surface area contributed by atoms with Gasteiger partial charge in [-0.1, -0.05) is 19.1 Å². The molecule has 2 atom stereocenters. The number of rotatable bonds is 4. The lowest BCUT2D eigenvalue weighted by Gasteiger charge is -2.41. The van der Waals surface area contributed by atoms with Crippen molar-refractivity contribution < 1.29 is 0 Å². The maximum Gasteiger partial charge on any atom is 0.102 e. The van der Waals surface area contributed by atoms with Gasteiger partial charge >= 0.3 is 0 Å². The van der Waals surface area contributed by atoms with E-state index in [1.54, 1.807) is 0 Å². The molecule has 2 saturated heterocycles. The van der Waals surface area contributed by atoms with Crippen LogP contribution < -0.4 is 10.2 Å². The zero-order chi connectivity index (χ0) is 14.8. The molecule has 0 amide bonds. The summed E-state index contributed by atoms with van der Waals surface area (Å²) in [7, 11) is 0. The average molecular weight is 283 g/mol. The Kier molecular flexibility index (Phi) is 4.17. The van der Waals surface area contributed by atoms with Crippen molar-refractivity contribution in [2.45, 2.75) is 64.1 Å². The van der Waals surface area contributed by atoms with E-state index in [2.05, 4.69) is 35.3 Å². The van der Waals surface area contributed by atoms with Crippen LogP contribution in [0, 0.1) is 18.3 Å². The smallest absolute Gasteiger partial charge is 0.102 e. The van der Waals surface area contributed by atoms with E-state index in [9.17, 15) is 5.26 Å². The highest BCUT2D eigenvalue weighted by molar-refractivity contribution is 5.64. The summed E-state index contributed by atoms with van der Waals surface area (Å²) in [6.45, 7) is 5.39. The molecule has 0 aliphatic carbocycles. The monoisotopic (exact) mass is 283 g/mol.